The van der Waals surface area contributed by atoms with Gasteiger partial charge in [-0.25, -0.2) is 4.98 Å². The van der Waals surface area contributed by atoms with Crippen LogP contribution in [-0.4, -0.2) is 28.5 Å². The van der Waals surface area contributed by atoms with Crippen LogP contribution in [0.1, 0.15) is 18.1 Å². The largest absolute Gasteiger partial charge is 0.370 e. The Balaban J connectivity index is 2.13. The van der Waals surface area contributed by atoms with E-state index in [4.69, 9.17) is 0 Å². The highest BCUT2D eigenvalue weighted by Crippen LogP contribution is 2.14. The highest BCUT2D eigenvalue weighted by molar-refractivity contribution is 5.41. The molecular weight excluding hydrogens is 238 g/mol. The number of pyridine rings is 1. The molecule has 0 aliphatic heterocycles. The predicted molar refractivity (Wildman–Crippen MR) is 77.3 cm³/mol. The normalized spacial score (nSPS) is 10.3. The van der Waals surface area contributed by atoms with E-state index in [1.54, 1.807) is 6.20 Å². The maximum Gasteiger partial charge on any atom is 0.227 e. The van der Waals surface area contributed by atoms with Gasteiger partial charge in [0.25, 0.3) is 0 Å². The second kappa shape index (κ2) is 6.13. The van der Waals surface area contributed by atoms with Crippen LogP contribution < -0.4 is 10.2 Å². The van der Waals surface area contributed by atoms with Crippen molar-refractivity contribution in [2.45, 2.75) is 20.4 Å². The van der Waals surface area contributed by atoms with Crippen molar-refractivity contribution in [2.75, 3.05) is 23.8 Å². The number of aryl methyl sites for hydroxylation is 1. The third kappa shape index (κ3) is 3.40. The van der Waals surface area contributed by atoms with Gasteiger partial charge in [0.15, 0.2) is 0 Å². The number of anilines is 2. The number of nitrogens with zero attached hydrogens (tertiary/aromatic N) is 4. The second-order valence-corrected chi connectivity index (χ2v) is 4.43. The molecule has 0 saturated heterocycles. The van der Waals surface area contributed by atoms with E-state index < -0.39 is 0 Å². The van der Waals surface area contributed by atoms with Crippen molar-refractivity contribution >= 4 is 11.8 Å². The highest BCUT2D eigenvalue weighted by Gasteiger charge is 2.07. The maximum absolute atomic E-state index is 4.48. The van der Waals surface area contributed by atoms with Crippen LogP contribution in [0.2, 0.25) is 0 Å². The van der Waals surface area contributed by atoms with Crippen molar-refractivity contribution in [1.29, 1.82) is 0 Å². The fourth-order valence-corrected chi connectivity index (χ4v) is 1.82. The first-order valence-electron chi connectivity index (χ1n) is 6.38. The Hall–Kier alpha value is -2.17. The molecule has 2 aromatic heterocycles. The monoisotopic (exact) mass is 257 g/mol. The van der Waals surface area contributed by atoms with Crippen LogP contribution in [-0.2, 0) is 6.54 Å². The molecule has 2 aromatic rings. The Morgan fingerprint density at radius 2 is 2.11 bits per heavy atom. The molecule has 0 fully saturated rings. The van der Waals surface area contributed by atoms with Gasteiger partial charge < -0.3 is 10.2 Å². The van der Waals surface area contributed by atoms with E-state index in [1.807, 2.05) is 43.4 Å². The van der Waals surface area contributed by atoms with Crippen LogP contribution in [0.3, 0.4) is 0 Å². The minimum atomic E-state index is 0.717. The minimum absolute atomic E-state index is 0.717. The molecule has 0 spiro atoms. The number of aromatic nitrogens is 3. The molecule has 0 aromatic carbocycles. The number of hydrogen-bond donors (Lipinski definition) is 1. The van der Waals surface area contributed by atoms with Crippen LogP contribution in [0.25, 0.3) is 0 Å². The van der Waals surface area contributed by atoms with Gasteiger partial charge in [0.05, 0.1) is 0 Å². The van der Waals surface area contributed by atoms with Gasteiger partial charge in [0.2, 0.25) is 5.95 Å². The Kier molecular flexibility index (Phi) is 4.28. The molecule has 0 atom stereocenters. The summed E-state index contributed by atoms with van der Waals surface area (Å²) in [4.78, 5) is 14.9. The summed E-state index contributed by atoms with van der Waals surface area (Å²) in [7, 11) is 1.99. The van der Waals surface area contributed by atoms with Crippen LogP contribution in [0, 0.1) is 6.92 Å². The topological polar surface area (TPSA) is 53.9 Å². The van der Waals surface area contributed by atoms with E-state index >= 15 is 0 Å². The first-order chi connectivity index (χ1) is 9.20. The fourth-order valence-electron chi connectivity index (χ4n) is 1.82. The number of hydrogen-bond acceptors (Lipinski definition) is 5. The van der Waals surface area contributed by atoms with Gasteiger partial charge in [0, 0.05) is 38.7 Å². The van der Waals surface area contributed by atoms with Crippen LogP contribution in [0.5, 0.6) is 0 Å². The highest BCUT2D eigenvalue weighted by atomic mass is 15.2. The zero-order valence-corrected chi connectivity index (χ0v) is 11.6. The third-order valence-electron chi connectivity index (χ3n) is 2.89. The molecule has 0 unspecified atom stereocenters. The molecule has 0 saturated carbocycles. The standard InChI is InChI=1S/C14H19N5/c1-4-16-13-6-8-17-14(18-13)19(3)10-12-5-7-15-9-11(12)2/h5-9H,4,10H2,1-3H3,(H,16,17,18). The molecule has 0 amide bonds. The van der Waals surface area contributed by atoms with Gasteiger partial charge in [-0.3, -0.25) is 4.98 Å². The molecule has 100 valence electrons. The van der Waals surface area contributed by atoms with Gasteiger partial charge in [-0.1, -0.05) is 0 Å². The van der Waals surface area contributed by atoms with Crippen LogP contribution >= 0.6 is 0 Å². The van der Waals surface area contributed by atoms with E-state index in [9.17, 15) is 0 Å². The molecule has 2 heterocycles. The van der Waals surface area contributed by atoms with Gasteiger partial charge in [-0.05, 0) is 37.1 Å². The van der Waals surface area contributed by atoms with E-state index in [-0.39, 0.29) is 0 Å². The lowest BCUT2D eigenvalue weighted by atomic mass is 10.1. The van der Waals surface area contributed by atoms with Crippen molar-refractivity contribution in [3.63, 3.8) is 0 Å². The minimum Gasteiger partial charge on any atom is -0.370 e. The Bertz CT molecular complexity index is 541. The van der Waals surface area contributed by atoms with Crippen molar-refractivity contribution in [1.82, 2.24) is 15.0 Å². The SMILES string of the molecule is CCNc1ccnc(N(C)Cc2ccncc2C)n1. The van der Waals surface area contributed by atoms with Crippen LogP contribution in [0.15, 0.2) is 30.7 Å². The molecule has 0 bridgehead atoms. The second-order valence-electron chi connectivity index (χ2n) is 4.43. The molecular formula is C14H19N5. The molecule has 1 N–H and O–H groups in total. The third-order valence-corrected chi connectivity index (χ3v) is 2.89. The Morgan fingerprint density at radius 3 is 2.84 bits per heavy atom. The summed E-state index contributed by atoms with van der Waals surface area (Å²) >= 11 is 0. The average molecular weight is 257 g/mol. The van der Waals surface area contributed by atoms with E-state index in [1.165, 1.54) is 11.1 Å². The smallest absolute Gasteiger partial charge is 0.227 e. The number of rotatable bonds is 5. The van der Waals surface area contributed by atoms with E-state index in [0.717, 1.165) is 24.9 Å². The van der Waals surface area contributed by atoms with E-state index in [0.29, 0.717) is 0 Å². The maximum atomic E-state index is 4.48. The lowest BCUT2D eigenvalue weighted by molar-refractivity contribution is 0.858. The molecule has 19 heavy (non-hydrogen) atoms. The summed E-state index contributed by atoms with van der Waals surface area (Å²) in [5.41, 5.74) is 2.41. The van der Waals surface area contributed by atoms with Crippen molar-refractivity contribution in [3.8, 4) is 0 Å². The molecule has 5 nitrogen and oxygen atoms in total. The summed E-state index contributed by atoms with van der Waals surface area (Å²) in [6, 6.07) is 3.90. The summed E-state index contributed by atoms with van der Waals surface area (Å²) in [6.07, 6.45) is 5.46. The zero-order valence-electron chi connectivity index (χ0n) is 11.6. The predicted octanol–water partition coefficient (Wildman–Crippen LogP) is 2.25. The Morgan fingerprint density at radius 1 is 1.26 bits per heavy atom. The van der Waals surface area contributed by atoms with Gasteiger partial charge in [-0.15, -0.1) is 0 Å². The zero-order chi connectivity index (χ0) is 13.7. The van der Waals surface area contributed by atoms with Crippen LogP contribution in [0.4, 0.5) is 11.8 Å². The van der Waals surface area contributed by atoms with Gasteiger partial charge >= 0.3 is 0 Å². The summed E-state index contributed by atoms with van der Waals surface area (Å²) in [5.74, 6) is 1.57. The first-order valence-corrected chi connectivity index (χ1v) is 6.38. The van der Waals surface area contributed by atoms with Crippen molar-refractivity contribution in [2.24, 2.45) is 0 Å². The Labute approximate surface area is 113 Å². The average Bonchev–Trinajstić information content (AvgIpc) is 2.42. The lowest BCUT2D eigenvalue weighted by Gasteiger charge is -2.18. The molecule has 5 heteroatoms. The van der Waals surface area contributed by atoms with Crippen molar-refractivity contribution in [3.05, 3.63) is 41.9 Å². The summed E-state index contributed by atoms with van der Waals surface area (Å²) in [5, 5.41) is 3.19. The molecule has 0 radical (unpaired) electrons. The van der Waals surface area contributed by atoms with Gasteiger partial charge in [0.1, 0.15) is 5.82 Å². The lowest BCUT2D eigenvalue weighted by Crippen LogP contribution is -2.20. The molecule has 2 rings (SSSR count). The first kappa shape index (κ1) is 13.3. The van der Waals surface area contributed by atoms with E-state index in [2.05, 4.69) is 27.2 Å². The fraction of sp³-hybridized carbons (Fsp3) is 0.357. The molecule has 0 aliphatic carbocycles. The van der Waals surface area contributed by atoms with Gasteiger partial charge in [-0.2, -0.15) is 4.98 Å². The quantitative estimate of drug-likeness (QED) is 0.890. The molecule has 0 aliphatic rings. The summed E-state index contributed by atoms with van der Waals surface area (Å²) < 4.78 is 0. The summed E-state index contributed by atoms with van der Waals surface area (Å²) in [6.45, 7) is 5.73. The number of nitrogens with one attached hydrogen (secondary N) is 1. The van der Waals surface area contributed by atoms with Crippen molar-refractivity contribution < 1.29 is 0 Å².